The lowest BCUT2D eigenvalue weighted by Crippen LogP contribution is -2.25. The molecule has 1 aliphatic heterocycles. The highest BCUT2D eigenvalue weighted by molar-refractivity contribution is 6.02. The van der Waals surface area contributed by atoms with E-state index in [1.807, 2.05) is 6.92 Å². The number of benzene rings is 1. The van der Waals surface area contributed by atoms with Crippen LogP contribution in [0.15, 0.2) is 18.2 Å². The van der Waals surface area contributed by atoms with Crippen molar-refractivity contribution in [3.63, 3.8) is 0 Å². The van der Waals surface area contributed by atoms with Crippen LogP contribution in [0.25, 0.3) is 0 Å². The maximum Gasteiger partial charge on any atom is 0.337 e. The molecule has 0 N–H and O–H groups in total. The molecule has 0 saturated heterocycles. The van der Waals surface area contributed by atoms with E-state index in [1.165, 1.54) is 7.11 Å². The zero-order valence-corrected chi connectivity index (χ0v) is 9.32. The number of hydrogen-bond donors (Lipinski definition) is 0. The molecule has 0 fully saturated rings. The highest BCUT2D eigenvalue weighted by atomic mass is 16.5. The second kappa shape index (κ2) is 3.96. The molecular weight excluding hydrogens is 206 g/mol. The highest BCUT2D eigenvalue weighted by Gasteiger charge is 2.26. The van der Waals surface area contributed by atoms with Crippen LogP contribution in [0.3, 0.4) is 0 Å². The number of nitrogens with zero attached hydrogens (tertiary/aromatic N) is 1. The van der Waals surface area contributed by atoms with Crippen LogP contribution in [0.2, 0.25) is 0 Å². The van der Waals surface area contributed by atoms with E-state index in [1.54, 1.807) is 23.1 Å². The highest BCUT2D eigenvalue weighted by Crippen LogP contribution is 2.29. The molecule has 16 heavy (non-hydrogen) atoms. The molecule has 84 valence electrons. The summed E-state index contributed by atoms with van der Waals surface area (Å²) in [5.74, 6) is -0.287. The van der Waals surface area contributed by atoms with Gasteiger partial charge in [0.1, 0.15) is 0 Å². The number of hydrogen-bond acceptors (Lipinski definition) is 3. The molecule has 0 atom stereocenters. The minimum atomic E-state index is -0.370. The standard InChI is InChI=1S/C12H13NO3/c1-3-13-10-5-4-8(12(15)16-2)6-9(10)7-11(13)14/h4-6H,3,7H2,1-2H3. The van der Waals surface area contributed by atoms with Crippen LogP contribution in [-0.4, -0.2) is 25.5 Å². The fourth-order valence-corrected chi connectivity index (χ4v) is 1.97. The summed E-state index contributed by atoms with van der Waals surface area (Å²) in [4.78, 5) is 24.7. The molecule has 0 radical (unpaired) electrons. The average molecular weight is 219 g/mol. The van der Waals surface area contributed by atoms with Crippen molar-refractivity contribution in [1.82, 2.24) is 0 Å². The smallest absolute Gasteiger partial charge is 0.337 e. The second-order valence-electron chi connectivity index (χ2n) is 3.65. The van der Waals surface area contributed by atoms with Crippen molar-refractivity contribution in [3.8, 4) is 0 Å². The second-order valence-corrected chi connectivity index (χ2v) is 3.65. The van der Waals surface area contributed by atoms with E-state index in [-0.39, 0.29) is 11.9 Å². The van der Waals surface area contributed by atoms with Crippen molar-refractivity contribution in [2.75, 3.05) is 18.6 Å². The Morgan fingerprint density at radius 3 is 2.88 bits per heavy atom. The number of fused-ring (bicyclic) bond motifs is 1. The molecule has 0 spiro atoms. The van der Waals surface area contributed by atoms with E-state index in [0.717, 1.165) is 11.3 Å². The van der Waals surface area contributed by atoms with Gasteiger partial charge in [-0.15, -0.1) is 0 Å². The summed E-state index contributed by atoms with van der Waals surface area (Å²) in [6.07, 6.45) is 0.369. The Kier molecular flexibility index (Phi) is 2.64. The topological polar surface area (TPSA) is 46.6 Å². The third kappa shape index (κ3) is 1.56. The molecule has 1 aliphatic rings. The fraction of sp³-hybridized carbons (Fsp3) is 0.333. The minimum Gasteiger partial charge on any atom is -0.465 e. The molecule has 4 heteroatoms. The van der Waals surface area contributed by atoms with Crippen molar-refractivity contribution < 1.29 is 14.3 Å². The van der Waals surface area contributed by atoms with Crippen molar-refractivity contribution >= 4 is 17.6 Å². The molecule has 0 aromatic heterocycles. The summed E-state index contributed by atoms with van der Waals surface area (Å²) >= 11 is 0. The van der Waals surface area contributed by atoms with E-state index in [9.17, 15) is 9.59 Å². The van der Waals surface area contributed by atoms with Gasteiger partial charge in [-0.3, -0.25) is 4.79 Å². The minimum absolute atomic E-state index is 0.0829. The molecule has 1 aromatic carbocycles. The van der Waals surface area contributed by atoms with Gasteiger partial charge in [-0.25, -0.2) is 4.79 Å². The maximum atomic E-state index is 11.6. The summed E-state index contributed by atoms with van der Waals surface area (Å²) in [7, 11) is 1.35. The third-order valence-electron chi connectivity index (χ3n) is 2.75. The van der Waals surface area contributed by atoms with Crippen LogP contribution in [-0.2, 0) is 16.0 Å². The molecule has 2 rings (SSSR count). The molecule has 0 aliphatic carbocycles. The number of rotatable bonds is 2. The zero-order valence-electron chi connectivity index (χ0n) is 9.32. The molecule has 0 unspecified atom stereocenters. The van der Waals surface area contributed by atoms with Crippen molar-refractivity contribution in [3.05, 3.63) is 29.3 Å². The molecular formula is C12H13NO3. The van der Waals surface area contributed by atoms with Gasteiger partial charge in [-0.2, -0.15) is 0 Å². The SMILES string of the molecule is CCN1C(=O)Cc2cc(C(=O)OC)ccc21. The Bertz CT molecular complexity index is 454. The van der Waals surface area contributed by atoms with E-state index in [0.29, 0.717) is 18.5 Å². The molecule has 4 nitrogen and oxygen atoms in total. The summed E-state index contributed by atoms with van der Waals surface area (Å²) < 4.78 is 4.64. The van der Waals surface area contributed by atoms with E-state index in [2.05, 4.69) is 4.74 Å². The third-order valence-corrected chi connectivity index (χ3v) is 2.75. The molecule has 1 amide bonds. The normalized spacial score (nSPS) is 13.9. The first kappa shape index (κ1) is 10.7. The lowest BCUT2D eigenvalue weighted by molar-refractivity contribution is -0.117. The fourth-order valence-electron chi connectivity index (χ4n) is 1.97. The number of esters is 1. The van der Waals surface area contributed by atoms with Gasteiger partial charge >= 0.3 is 5.97 Å². The first-order chi connectivity index (χ1) is 7.67. The predicted molar refractivity (Wildman–Crippen MR) is 59.5 cm³/mol. The lowest BCUT2D eigenvalue weighted by atomic mass is 10.1. The Balaban J connectivity index is 2.40. The lowest BCUT2D eigenvalue weighted by Gasteiger charge is -2.14. The number of ether oxygens (including phenoxy) is 1. The van der Waals surface area contributed by atoms with E-state index in [4.69, 9.17) is 0 Å². The Hall–Kier alpha value is -1.84. The summed E-state index contributed by atoms with van der Waals surface area (Å²) in [6, 6.07) is 5.22. The summed E-state index contributed by atoms with van der Waals surface area (Å²) in [5, 5.41) is 0. The van der Waals surface area contributed by atoms with Crippen molar-refractivity contribution in [2.45, 2.75) is 13.3 Å². The van der Waals surface area contributed by atoms with Gasteiger partial charge < -0.3 is 9.64 Å². The maximum absolute atomic E-state index is 11.6. The van der Waals surface area contributed by atoms with Gasteiger partial charge in [-0.1, -0.05) is 0 Å². The largest absolute Gasteiger partial charge is 0.465 e. The number of likely N-dealkylation sites (N-methyl/N-ethyl adjacent to an activating group) is 1. The van der Waals surface area contributed by atoms with Gasteiger partial charge in [-0.05, 0) is 30.7 Å². The van der Waals surface area contributed by atoms with Gasteiger partial charge in [0.2, 0.25) is 5.91 Å². The number of carbonyl (C=O) groups excluding carboxylic acids is 2. The van der Waals surface area contributed by atoms with Gasteiger partial charge in [0.15, 0.2) is 0 Å². The Morgan fingerprint density at radius 1 is 1.50 bits per heavy atom. The zero-order chi connectivity index (χ0) is 11.7. The average Bonchev–Trinajstić information content (AvgIpc) is 2.62. The number of methoxy groups -OCH3 is 1. The first-order valence-electron chi connectivity index (χ1n) is 5.19. The van der Waals surface area contributed by atoms with Crippen molar-refractivity contribution in [2.24, 2.45) is 0 Å². The van der Waals surface area contributed by atoms with Gasteiger partial charge in [0, 0.05) is 12.2 Å². The van der Waals surface area contributed by atoms with Crippen LogP contribution in [0.1, 0.15) is 22.8 Å². The molecule has 1 aromatic rings. The molecule has 0 bridgehead atoms. The Labute approximate surface area is 93.8 Å². The van der Waals surface area contributed by atoms with Gasteiger partial charge in [0.25, 0.3) is 0 Å². The van der Waals surface area contributed by atoms with E-state index < -0.39 is 0 Å². The number of amides is 1. The van der Waals surface area contributed by atoms with Crippen LogP contribution in [0, 0.1) is 0 Å². The first-order valence-corrected chi connectivity index (χ1v) is 5.19. The quantitative estimate of drug-likeness (QED) is 0.706. The number of carbonyl (C=O) groups is 2. The Morgan fingerprint density at radius 2 is 2.25 bits per heavy atom. The van der Waals surface area contributed by atoms with Gasteiger partial charge in [0.05, 0.1) is 19.1 Å². The predicted octanol–water partition coefficient (Wildman–Crippen LogP) is 1.38. The van der Waals surface area contributed by atoms with Crippen LogP contribution in [0.4, 0.5) is 5.69 Å². The number of anilines is 1. The molecule has 1 heterocycles. The van der Waals surface area contributed by atoms with Crippen LogP contribution in [0.5, 0.6) is 0 Å². The molecule has 0 saturated carbocycles. The van der Waals surface area contributed by atoms with E-state index >= 15 is 0 Å². The van der Waals surface area contributed by atoms with Crippen LogP contribution >= 0.6 is 0 Å². The summed E-state index contributed by atoms with van der Waals surface area (Å²) in [5.41, 5.74) is 2.29. The van der Waals surface area contributed by atoms with Crippen LogP contribution < -0.4 is 4.90 Å². The monoisotopic (exact) mass is 219 g/mol. The summed E-state index contributed by atoms with van der Waals surface area (Å²) in [6.45, 7) is 2.59. The van der Waals surface area contributed by atoms with Crippen molar-refractivity contribution in [1.29, 1.82) is 0 Å².